The number of hydrogen-bond acceptors (Lipinski definition) is 2. The van der Waals surface area contributed by atoms with Crippen LogP contribution in [-0.4, -0.2) is 24.0 Å². The number of rotatable bonds is 6. The van der Waals surface area contributed by atoms with Crippen LogP contribution < -0.4 is 5.73 Å². The van der Waals surface area contributed by atoms with Gasteiger partial charge in [-0.05, 0) is 50.4 Å². The van der Waals surface area contributed by atoms with Gasteiger partial charge >= 0.3 is 0 Å². The minimum absolute atomic E-state index is 0.840. The van der Waals surface area contributed by atoms with E-state index in [0.29, 0.717) is 0 Å². The van der Waals surface area contributed by atoms with E-state index in [2.05, 4.69) is 24.0 Å². The number of benzene rings is 1. The van der Waals surface area contributed by atoms with Gasteiger partial charge in [0.1, 0.15) is 0 Å². The standard InChI is InChI=1S/C17H28N2/c1-2-19(16-11-4-3-5-12-16)14-8-10-15-9-6-7-13-17(15)18/h6-7,9,13,16H,2-5,8,10-12,14,18H2,1H3. The quantitative estimate of drug-likeness (QED) is 0.787. The van der Waals surface area contributed by atoms with Gasteiger partial charge in [-0.2, -0.15) is 0 Å². The van der Waals surface area contributed by atoms with Gasteiger partial charge in [0.25, 0.3) is 0 Å². The molecule has 1 saturated carbocycles. The third-order valence-corrected chi connectivity index (χ3v) is 4.44. The zero-order valence-electron chi connectivity index (χ0n) is 12.3. The number of nitrogen functional groups attached to an aromatic ring is 1. The molecule has 1 aliphatic carbocycles. The van der Waals surface area contributed by atoms with E-state index >= 15 is 0 Å². The molecule has 0 saturated heterocycles. The Morgan fingerprint density at radius 2 is 1.89 bits per heavy atom. The molecule has 0 unspecified atom stereocenters. The molecular weight excluding hydrogens is 232 g/mol. The number of para-hydroxylation sites is 1. The largest absolute Gasteiger partial charge is 0.399 e. The van der Waals surface area contributed by atoms with Gasteiger partial charge in [-0.25, -0.2) is 0 Å². The van der Waals surface area contributed by atoms with Crippen LogP contribution >= 0.6 is 0 Å². The first-order chi connectivity index (χ1) is 9.31. The van der Waals surface area contributed by atoms with Crippen molar-refractivity contribution in [2.24, 2.45) is 0 Å². The number of anilines is 1. The normalized spacial score (nSPS) is 16.9. The monoisotopic (exact) mass is 260 g/mol. The van der Waals surface area contributed by atoms with E-state index in [1.54, 1.807) is 0 Å². The van der Waals surface area contributed by atoms with E-state index in [4.69, 9.17) is 5.73 Å². The lowest BCUT2D eigenvalue weighted by Gasteiger charge is -2.33. The molecule has 1 aromatic rings. The summed E-state index contributed by atoms with van der Waals surface area (Å²) in [5.74, 6) is 0. The lowest BCUT2D eigenvalue weighted by Crippen LogP contribution is -2.37. The number of aryl methyl sites for hydroxylation is 1. The van der Waals surface area contributed by atoms with Crippen LogP contribution in [-0.2, 0) is 6.42 Å². The van der Waals surface area contributed by atoms with Gasteiger partial charge in [0, 0.05) is 11.7 Å². The van der Waals surface area contributed by atoms with Crippen LogP contribution in [0.25, 0.3) is 0 Å². The van der Waals surface area contributed by atoms with Crippen LogP contribution in [0.5, 0.6) is 0 Å². The Hall–Kier alpha value is -1.02. The molecule has 0 aromatic heterocycles. The summed E-state index contributed by atoms with van der Waals surface area (Å²) in [7, 11) is 0. The van der Waals surface area contributed by atoms with Crippen molar-refractivity contribution in [1.82, 2.24) is 4.90 Å². The van der Waals surface area contributed by atoms with Crippen molar-refractivity contribution >= 4 is 5.69 Å². The maximum Gasteiger partial charge on any atom is 0.0346 e. The van der Waals surface area contributed by atoms with Crippen LogP contribution in [0.15, 0.2) is 24.3 Å². The van der Waals surface area contributed by atoms with Gasteiger partial charge in [0.2, 0.25) is 0 Å². The zero-order valence-corrected chi connectivity index (χ0v) is 12.3. The molecule has 0 atom stereocenters. The molecule has 0 radical (unpaired) electrons. The topological polar surface area (TPSA) is 29.3 Å². The maximum absolute atomic E-state index is 6.00. The van der Waals surface area contributed by atoms with E-state index in [-0.39, 0.29) is 0 Å². The Morgan fingerprint density at radius 1 is 1.16 bits per heavy atom. The third kappa shape index (κ3) is 4.24. The molecule has 2 nitrogen and oxygen atoms in total. The third-order valence-electron chi connectivity index (χ3n) is 4.44. The molecule has 0 spiro atoms. The number of nitrogens with zero attached hydrogens (tertiary/aromatic N) is 1. The Kier molecular flexibility index (Phi) is 5.71. The molecule has 106 valence electrons. The van der Waals surface area contributed by atoms with Crippen LogP contribution in [0.2, 0.25) is 0 Å². The van der Waals surface area contributed by atoms with Gasteiger partial charge in [-0.15, -0.1) is 0 Å². The van der Waals surface area contributed by atoms with E-state index < -0.39 is 0 Å². The zero-order chi connectivity index (χ0) is 13.5. The molecule has 0 heterocycles. The Bertz CT molecular complexity index is 369. The predicted octanol–water partition coefficient (Wildman–Crippen LogP) is 3.86. The van der Waals surface area contributed by atoms with Crippen molar-refractivity contribution in [2.45, 2.75) is 57.9 Å². The number of hydrogen-bond donors (Lipinski definition) is 1. The highest BCUT2D eigenvalue weighted by molar-refractivity contribution is 5.46. The van der Waals surface area contributed by atoms with E-state index in [1.807, 2.05) is 12.1 Å². The van der Waals surface area contributed by atoms with Gasteiger partial charge in [0.05, 0.1) is 0 Å². The molecule has 2 rings (SSSR count). The average Bonchev–Trinajstić information content (AvgIpc) is 2.46. The first-order valence-corrected chi connectivity index (χ1v) is 7.88. The lowest BCUT2D eigenvalue weighted by molar-refractivity contribution is 0.162. The van der Waals surface area contributed by atoms with Crippen molar-refractivity contribution in [1.29, 1.82) is 0 Å². The molecule has 1 aromatic carbocycles. The summed E-state index contributed by atoms with van der Waals surface area (Å²) < 4.78 is 0. The van der Waals surface area contributed by atoms with Gasteiger partial charge in [0.15, 0.2) is 0 Å². The maximum atomic E-state index is 6.00. The summed E-state index contributed by atoms with van der Waals surface area (Å²) in [6, 6.07) is 9.11. The van der Waals surface area contributed by atoms with E-state index in [0.717, 1.165) is 18.2 Å². The van der Waals surface area contributed by atoms with Crippen LogP contribution in [0.3, 0.4) is 0 Å². The molecular formula is C17H28N2. The summed E-state index contributed by atoms with van der Waals surface area (Å²) >= 11 is 0. The van der Waals surface area contributed by atoms with Crippen molar-refractivity contribution in [3.8, 4) is 0 Å². The smallest absolute Gasteiger partial charge is 0.0346 e. The first kappa shape index (κ1) is 14.4. The number of nitrogens with two attached hydrogens (primary N) is 1. The predicted molar refractivity (Wildman–Crippen MR) is 83.3 cm³/mol. The van der Waals surface area contributed by atoms with Gasteiger partial charge in [-0.1, -0.05) is 44.4 Å². The summed E-state index contributed by atoms with van der Waals surface area (Å²) in [6.45, 7) is 4.70. The fraction of sp³-hybridized carbons (Fsp3) is 0.647. The Morgan fingerprint density at radius 3 is 2.58 bits per heavy atom. The Labute approximate surface area is 118 Å². The van der Waals surface area contributed by atoms with E-state index in [1.165, 1.54) is 57.2 Å². The molecule has 1 fully saturated rings. The molecule has 0 amide bonds. The molecule has 0 aliphatic heterocycles. The highest BCUT2D eigenvalue weighted by atomic mass is 15.1. The van der Waals surface area contributed by atoms with Crippen molar-refractivity contribution in [3.63, 3.8) is 0 Å². The van der Waals surface area contributed by atoms with E-state index in [9.17, 15) is 0 Å². The van der Waals surface area contributed by atoms with Gasteiger partial charge in [-0.3, -0.25) is 0 Å². The molecule has 0 bridgehead atoms. The van der Waals surface area contributed by atoms with Crippen LogP contribution in [0, 0.1) is 0 Å². The second-order valence-electron chi connectivity index (χ2n) is 5.72. The van der Waals surface area contributed by atoms with Crippen molar-refractivity contribution in [3.05, 3.63) is 29.8 Å². The molecule has 1 aliphatic rings. The summed E-state index contributed by atoms with van der Waals surface area (Å²) in [6.07, 6.45) is 9.42. The molecule has 19 heavy (non-hydrogen) atoms. The van der Waals surface area contributed by atoms with Gasteiger partial charge < -0.3 is 10.6 Å². The first-order valence-electron chi connectivity index (χ1n) is 7.88. The minimum Gasteiger partial charge on any atom is -0.399 e. The highest BCUT2D eigenvalue weighted by Crippen LogP contribution is 2.23. The Balaban J connectivity index is 1.78. The lowest BCUT2D eigenvalue weighted by atomic mass is 9.94. The molecule has 2 N–H and O–H groups in total. The highest BCUT2D eigenvalue weighted by Gasteiger charge is 2.19. The fourth-order valence-electron chi connectivity index (χ4n) is 3.28. The fourth-order valence-corrected chi connectivity index (χ4v) is 3.28. The minimum atomic E-state index is 0.840. The average molecular weight is 260 g/mol. The SMILES string of the molecule is CCN(CCCc1ccccc1N)C1CCCCC1. The summed E-state index contributed by atoms with van der Waals surface area (Å²) in [5, 5.41) is 0. The van der Waals surface area contributed by atoms with Crippen LogP contribution in [0.4, 0.5) is 5.69 Å². The van der Waals surface area contributed by atoms with Crippen LogP contribution in [0.1, 0.15) is 51.0 Å². The van der Waals surface area contributed by atoms with Crippen molar-refractivity contribution < 1.29 is 0 Å². The summed E-state index contributed by atoms with van der Waals surface area (Å²) in [4.78, 5) is 2.68. The second kappa shape index (κ2) is 7.54. The van der Waals surface area contributed by atoms with Crippen molar-refractivity contribution in [2.75, 3.05) is 18.8 Å². The summed E-state index contributed by atoms with van der Waals surface area (Å²) in [5.41, 5.74) is 8.25. The second-order valence-corrected chi connectivity index (χ2v) is 5.72. The molecule has 2 heteroatoms.